The molecule has 0 bridgehead atoms. The summed E-state index contributed by atoms with van der Waals surface area (Å²) in [4.78, 5) is 24.7. The van der Waals surface area contributed by atoms with Gasteiger partial charge >= 0.3 is 0 Å². The van der Waals surface area contributed by atoms with Crippen molar-refractivity contribution in [2.45, 2.75) is 6.92 Å². The molecule has 3 heterocycles. The number of hydrogen-bond donors (Lipinski definition) is 1. The van der Waals surface area contributed by atoms with E-state index in [1.807, 2.05) is 49.4 Å². The standard InChI is InChI=1S/C20H15N3O/c1-13-5-2-3-7-15(13)19(24)17-12-23-20-18(17)16(8-10-22-20)14-6-4-9-21-11-14/h2-12H,1H3,(H,22,23). The van der Waals surface area contributed by atoms with Crippen LogP contribution in [0.1, 0.15) is 21.5 Å². The minimum Gasteiger partial charge on any atom is -0.345 e. The van der Waals surface area contributed by atoms with Crippen LogP contribution in [0.25, 0.3) is 22.2 Å². The van der Waals surface area contributed by atoms with Crippen LogP contribution in [0.2, 0.25) is 0 Å². The van der Waals surface area contributed by atoms with Crippen molar-refractivity contribution in [3.05, 3.63) is 83.9 Å². The Bertz CT molecular complexity index is 1040. The van der Waals surface area contributed by atoms with Gasteiger partial charge in [0.25, 0.3) is 0 Å². The molecule has 0 amide bonds. The Hall–Kier alpha value is -3.27. The van der Waals surface area contributed by atoms with Crippen LogP contribution in [0, 0.1) is 6.92 Å². The molecule has 1 aromatic carbocycles. The number of aromatic amines is 1. The molecule has 116 valence electrons. The summed E-state index contributed by atoms with van der Waals surface area (Å²) in [6, 6.07) is 13.4. The number of aromatic nitrogens is 3. The number of ketones is 1. The average molecular weight is 313 g/mol. The maximum Gasteiger partial charge on any atom is 0.195 e. The molecule has 0 aliphatic rings. The van der Waals surface area contributed by atoms with Crippen LogP contribution in [0.5, 0.6) is 0 Å². The first-order valence-corrected chi connectivity index (χ1v) is 7.72. The van der Waals surface area contributed by atoms with Crippen LogP contribution < -0.4 is 0 Å². The fourth-order valence-electron chi connectivity index (χ4n) is 2.97. The quantitative estimate of drug-likeness (QED) is 0.578. The summed E-state index contributed by atoms with van der Waals surface area (Å²) in [6.07, 6.45) is 7.01. The molecule has 4 heteroatoms. The molecular formula is C20H15N3O. The van der Waals surface area contributed by atoms with Crippen LogP contribution in [0.4, 0.5) is 0 Å². The van der Waals surface area contributed by atoms with Crippen molar-refractivity contribution in [2.75, 3.05) is 0 Å². The summed E-state index contributed by atoms with van der Waals surface area (Å²) >= 11 is 0. The molecule has 0 aliphatic carbocycles. The number of nitrogens with one attached hydrogen (secondary N) is 1. The average Bonchev–Trinajstić information content (AvgIpc) is 3.06. The third kappa shape index (κ3) is 2.29. The molecule has 4 nitrogen and oxygen atoms in total. The van der Waals surface area contributed by atoms with E-state index in [4.69, 9.17) is 0 Å². The fourth-order valence-corrected chi connectivity index (χ4v) is 2.97. The summed E-state index contributed by atoms with van der Waals surface area (Å²) in [5.41, 5.74) is 4.91. The third-order valence-corrected chi connectivity index (χ3v) is 4.18. The zero-order chi connectivity index (χ0) is 16.5. The molecule has 0 saturated heterocycles. The van der Waals surface area contributed by atoms with Crippen molar-refractivity contribution in [3.63, 3.8) is 0 Å². The number of carbonyl (C=O) groups excluding carboxylic acids is 1. The fraction of sp³-hybridized carbons (Fsp3) is 0.0500. The van der Waals surface area contributed by atoms with Crippen molar-refractivity contribution >= 4 is 16.8 Å². The molecule has 4 rings (SSSR count). The molecule has 24 heavy (non-hydrogen) atoms. The number of carbonyl (C=O) groups is 1. The van der Waals surface area contributed by atoms with Crippen molar-refractivity contribution in [2.24, 2.45) is 0 Å². The van der Waals surface area contributed by atoms with Crippen LogP contribution in [-0.4, -0.2) is 20.7 Å². The van der Waals surface area contributed by atoms with E-state index in [2.05, 4.69) is 15.0 Å². The van der Waals surface area contributed by atoms with E-state index in [0.29, 0.717) is 16.8 Å². The van der Waals surface area contributed by atoms with Gasteiger partial charge in [-0.05, 0) is 30.2 Å². The van der Waals surface area contributed by atoms with Gasteiger partial charge < -0.3 is 4.98 Å². The molecule has 0 saturated carbocycles. The van der Waals surface area contributed by atoms with Gasteiger partial charge in [-0.2, -0.15) is 0 Å². The molecular weight excluding hydrogens is 298 g/mol. The normalized spacial score (nSPS) is 10.9. The number of hydrogen-bond acceptors (Lipinski definition) is 3. The van der Waals surface area contributed by atoms with E-state index in [-0.39, 0.29) is 5.78 Å². The van der Waals surface area contributed by atoms with Gasteiger partial charge in [-0.1, -0.05) is 30.3 Å². The Balaban J connectivity index is 1.95. The summed E-state index contributed by atoms with van der Waals surface area (Å²) in [6.45, 7) is 1.95. The lowest BCUT2D eigenvalue weighted by Crippen LogP contribution is -2.03. The van der Waals surface area contributed by atoms with Gasteiger partial charge in [-0.15, -0.1) is 0 Å². The van der Waals surface area contributed by atoms with Gasteiger partial charge in [-0.25, -0.2) is 4.98 Å². The first-order valence-electron chi connectivity index (χ1n) is 7.72. The van der Waals surface area contributed by atoms with E-state index < -0.39 is 0 Å². The van der Waals surface area contributed by atoms with E-state index in [0.717, 1.165) is 22.1 Å². The van der Waals surface area contributed by atoms with Gasteiger partial charge in [0.05, 0.1) is 5.56 Å². The monoisotopic (exact) mass is 313 g/mol. The van der Waals surface area contributed by atoms with Gasteiger partial charge in [0.1, 0.15) is 5.65 Å². The molecule has 3 aromatic heterocycles. The highest BCUT2D eigenvalue weighted by Gasteiger charge is 2.19. The lowest BCUT2D eigenvalue weighted by Gasteiger charge is -2.07. The second-order valence-corrected chi connectivity index (χ2v) is 5.67. The second kappa shape index (κ2) is 5.74. The van der Waals surface area contributed by atoms with Gasteiger partial charge in [0.2, 0.25) is 0 Å². The maximum atomic E-state index is 13.1. The smallest absolute Gasteiger partial charge is 0.195 e. The summed E-state index contributed by atoms with van der Waals surface area (Å²) < 4.78 is 0. The van der Waals surface area contributed by atoms with Crippen molar-refractivity contribution in [1.29, 1.82) is 0 Å². The lowest BCUT2D eigenvalue weighted by molar-refractivity contribution is 0.104. The second-order valence-electron chi connectivity index (χ2n) is 5.67. The van der Waals surface area contributed by atoms with Gasteiger partial charge in [0, 0.05) is 41.3 Å². The number of fused-ring (bicyclic) bond motifs is 1. The maximum absolute atomic E-state index is 13.1. The highest BCUT2D eigenvalue weighted by molar-refractivity contribution is 6.19. The number of aryl methyl sites for hydroxylation is 1. The predicted octanol–water partition coefficient (Wildman–Crippen LogP) is 4.16. The molecule has 4 aromatic rings. The van der Waals surface area contributed by atoms with Crippen molar-refractivity contribution in [1.82, 2.24) is 15.0 Å². The minimum absolute atomic E-state index is 0.00232. The number of pyridine rings is 2. The lowest BCUT2D eigenvalue weighted by atomic mass is 9.96. The Morgan fingerprint density at radius 3 is 2.67 bits per heavy atom. The zero-order valence-electron chi connectivity index (χ0n) is 13.2. The van der Waals surface area contributed by atoms with Crippen molar-refractivity contribution in [3.8, 4) is 11.1 Å². The third-order valence-electron chi connectivity index (χ3n) is 4.18. The Morgan fingerprint density at radius 1 is 1.00 bits per heavy atom. The highest BCUT2D eigenvalue weighted by atomic mass is 16.1. The topological polar surface area (TPSA) is 58.6 Å². The largest absolute Gasteiger partial charge is 0.345 e. The zero-order valence-corrected chi connectivity index (χ0v) is 13.2. The first kappa shape index (κ1) is 14.3. The van der Waals surface area contributed by atoms with E-state index >= 15 is 0 Å². The van der Waals surface area contributed by atoms with Gasteiger partial charge in [-0.3, -0.25) is 9.78 Å². The number of H-pyrrole nitrogens is 1. The molecule has 1 N–H and O–H groups in total. The van der Waals surface area contributed by atoms with Crippen molar-refractivity contribution < 1.29 is 4.79 Å². The first-order chi connectivity index (χ1) is 11.8. The summed E-state index contributed by atoms with van der Waals surface area (Å²) in [7, 11) is 0. The summed E-state index contributed by atoms with van der Waals surface area (Å²) in [5, 5.41) is 0.832. The summed E-state index contributed by atoms with van der Waals surface area (Å²) in [5.74, 6) is -0.00232. The highest BCUT2D eigenvalue weighted by Crippen LogP contribution is 2.31. The van der Waals surface area contributed by atoms with Crippen LogP contribution in [-0.2, 0) is 0 Å². The molecule has 0 spiro atoms. The van der Waals surface area contributed by atoms with E-state index in [1.54, 1.807) is 24.8 Å². The molecule has 0 fully saturated rings. The SMILES string of the molecule is Cc1ccccc1C(=O)c1c[nH]c2nccc(-c3cccnc3)c12. The number of rotatable bonds is 3. The Labute approximate surface area is 139 Å². The molecule has 0 aliphatic heterocycles. The molecule has 0 atom stereocenters. The van der Waals surface area contributed by atoms with Crippen LogP contribution in [0.15, 0.2) is 67.3 Å². The Morgan fingerprint density at radius 2 is 1.88 bits per heavy atom. The molecule has 0 radical (unpaired) electrons. The van der Waals surface area contributed by atoms with Crippen LogP contribution in [0.3, 0.4) is 0 Å². The number of benzene rings is 1. The van der Waals surface area contributed by atoms with E-state index in [1.165, 1.54) is 0 Å². The number of nitrogens with zero attached hydrogens (tertiary/aromatic N) is 2. The predicted molar refractivity (Wildman–Crippen MR) is 93.9 cm³/mol. The van der Waals surface area contributed by atoms with Crippen LogP contribution >= 0.6 is 0 Å². The minimum atomic E-state index is -0.00232. The molecule has 0 unspecified atom stereocenters. The van der Waals surface area contributed by atoms with Gasteiger partial charge in [0.15, 0.2) is 5.78 Å². The van der Waals surface area contributed by atoms with E-state index in [9.17, 15) is 4.79 Å². The Kier molecular flexibility index (Phi) is 3.43.